The van der Waals surface area contributed by atoms with Crippen LogP contribution in [0.4, 0.5) is 0 Å². The van der Waals surface area contributed by atoms with Crippen molar-refractivity contribution < 1.29 is 23.8 Å². The van der Waals surface area contributed by atoms with E-state index in [0.29, 0.717) is 41.1 Å². The molecule has 0 fully saturated rings. The first-order valence-corrected chi connectivity index (χ1v) is 14.1. The Morgan fingerprint density at radius 3 is 2.02 bits per heavy atom. The van der Waals surface area contributed by atoms with Crippen LogP contribution >= 0.6 is 11.6 Å². The maximum Gasteiger partial charge on any atom is 0.153 e. The summed E-state index contributed by atoms with van der Waals surface area (Å²) in [5.41, 5.74) is 6.88. The molecule has 0 unspecified atom stereocenters. The highest BCUT2D eigenvalue weighted by molar-refractivity contribution is 6.32. The van der Waals surface area contributed by atoms with E-state index < -0.39 is 0 Å². The van der Waals surface area contributed by atoms with Gasteiger partial charge in [-0.2, -0.15) is 5.26 Å². The fourth-order valence-electron chi connectivity index (χ4n) is 4.58. The molecule has 0 aliphatic heterocycles. The molecule has 7 nitrogen and oxygen atoms in total. The number of carbonyl (C=O) groups is 2. The number of carbonyl (C=O) groups excluding carboxylic acids is 2. The van der Waals surface area contributed by atoms with Crippen LogP contribution in [0.2, 0.25) is 5.02 Å². The first-order valence-electron chi connectivity index (χ1n) is 13.7. The Kier molecular flexibility index (Phi) is 9.65. The van der Waals surface area contributed by atoms with Crippen LogP contribution in [0.25, 0.3) is 11.1 Å². The average Bonchev–Trinajstić information content (AvgIpc) is 3.06. The Balaban J connectivity index is 1.26. The first kappa shape index (κ1) is 30.0. The molecule has 0 N–H and O–H groups in total. The minimum absolute atomic E-state index is 0.114. The fourth-order valence-corrected chi connectivity index (χ4v) is 4.80. The van der Waals surface area contributed by atoms with Crippen molar-refractivity contribution in [2.75, 3.05) is 0 Å². The maximum absolute atomic E-state index is 11.7. The number of benzene rings is 4. The summed E-state index contributed by atoms with van der Waals surface area (Å²) >= 11 is 6.43. The number of nitriles is 1. The van der Waals surface area contributed by atoms with Crippen LogP contribution in [0.5, 0.6) is 17.2 Å². The lowest BCUT2D eigenvalue weighted by molar-refractivity contribution is 0.111. The van der Waals surface area contributed by atoms with Crippen LogP contribution in [0.3, 0.4) is 0 Å². The third-order valence-corrected chi connectivity index (χ3v) is 7.12. The van der Waals surface area contributed by atoms with E-state index in [-0.39, 0.29) is 23.8 Å². The van der Waals surface area contributed by atoms with E-state index in [1.54, 1.807) is 30.5 Å². The summed E-state index contributed by atoms with van der Waals surface area (Å²) < 4.78 is 17.9. The zero-order valence-electron chi connectivity index (χ0n) is 23.8. The Labute approximate surface area is 260 Å². The van der Waals surface area contributed by atoms with Gasteiger partial charge in [0.25, 0.3) is 0 Å². The Hall–Kier alpha value is -5.45. The van der Waals surface area contributed by atoms with Crippen molar-refractivity contribution in [3.63, 3.8) is 0 Å². The van der Waals surface area contributed by atoms with Crippen molar-refractivity contribution in [2.45, 2.75) is 26.7 Å². The van der Waals surface area contributed by atoms with Gasteiger partial charge >= 0.3 is 0 Å². The Morgan fingerprint density at radius 1 is 0.727 bits per heavy atom. The lowest BCUT2D eigenvalue weighted by Gasteiger charge is -2.14. The molecule has 0 aliphatic carbocycles. The molecule has 1 heterocycles. The van der Waals surface area contributed by atoms with Crippen LogP contribution in [0, 0.1) is 18.3 Å². The number of hydrogen-bond acceptors (Lipinski definition) is 7. The highest BCUT2D eigenvalue weighted by atomic mass is 35.5. The topological polar surface area (TPSA) is 98.5 Å². The molecule has 5 rings (SSSR count). The van der Waals surface area contributed by atoms with Gasteiger partial charge in [-0.25, -0.2) is 0 Å². The van der Waals surface area contributed by atoms with E-state index in [9.17, 15) is 9.59 Å². The number of ether oxygens (including phenoxy) is 3. The molecule has 1 aromatic heterocycles. The predicted octanol–water partition coefficient (Wildman–Crippen LogP) is 7.94. The molecule has 0 saturated carbocycles. The quantitative estimate of drug-likeness (QED) is 0.134. The van der Waals surface area contributed by atoms with E-state index in [0.717, 1.165) is 39.9 Å². The summed E-state index contributed by atoms with van der Waals surface area (Å²) in [6, 6.07) is 28.3. The summed E-state index contributed by atoms with van der Waals surface area (Å²) in [4.78, 5) is 26.7. The van der Waals surface area contributed by atoms with Crippen molar-refractivity contribution >= 4 is 24.2 Å². The lowest BCUT2D eigenvalue weighted by atomic mass is 10.0. The van der Waals surface area contributed by atoms with E-state index in [1.165, 1.54) is 12.3 Å². The number of pyridine rings is 1. The highest BCUT2D eigenvalue weighted by Gasteiger charge is 2.12. The molecule has 4 aromatic carbocycles. The highest BCUT2D eigenvalue weighted by Crippen LogP contribution is 2.33. The lowest BCUT2D eigenvalue weighted by Crippen LogP contribution is -2.02. The molecule has 218 valence electrons. The van der Waals surface area contributed by atoms with Crippen molar-refractivity contribution in [1.82, 2.24) is 4.98 Å². The van der Waals surface area contributed by atoms with Gasteiger partial charge in [-0.1, -0.05) is 48.0 Å². The van der Waals surface area contributed by atoms with Crippen LogP contribution in [-0.4, -0.2) is 17.6 Å². The molecule has 0 bridgehead atoms. The molecular weight excluding hydrogens is 576 g/mol. The Morgan fingerprint density at radius 2 is 1.39 bits per heavy atom. The smallest absolute Gasteiger partial charge is 0.153 e. The number of aldehydes is 2. The van der Waals surface area contributed by atoms with Crippen molar-refractivity contribution in [3.05, 3.63) is 141 Å². The number of nitrogens with zero attached hydrogens (tertiary/aromatic N) is 2. The third kappa shape index (κ3) is 7.49. The van der Waals surface area contributed by atoms with Gasteiger partial charge in [0.1, 0.15) is 49.4 Å². The largest absolute Gasteiger partial charge is 0.489 e. The van der Waals surface area contributed by atoms with E-state index in [2.05, 4.69) is 11.1 Å². The molecule has 0 amide bonds. The number of rotatable bonds is 12. The summed E-state index contributed by atoms with van der Waals surface area (Å²) in [7, 11) is 0. The molecule has 0 spiro atoms. The molecule has 0 atom stereocenters. The zero-order chi connectivity index (χ0) is 30.9. The van der Waals surface area contributed by atoms with Gasteiger partial charge in [0.2, 0.25) is 0 Å². The normalized spacial score (nSPS) is 10.5. The molecule has 8 heteroatoms. The second kappa shape index (κ2) is 14.1. The van der Waals surface area contributed by atoms with Crippen LogP contribution < -0.4 is 14.2 Å². The number of hydrogen-bond donors (Lipinski definition) is 0. The molecule has 5 aromatic rings. The van der Waals surface area contributed by atoms with Crippen molar-refractivity contribution in [2.24, 2.45) is 0 Å². The van der Waals surface area contributed by atoms with Gasteiger partial charge in [0.05, 0.1) is 16.1 Å². The summed E-state index contributed by atoms with van der Waals surface area (Å²) in [6.07, 6.45) is 4.55. The molecule has 0 aliphatic rings. The summed E-state index contributed by atoms with van der Waals surface area (Å²) in [6.45, 7) is 2.65. The number of aryl methyl sites for hydroxylation is 1. The first-order chi connectivity index (χ1) is 21.4. The second-order valence-electron chi connectivity index (χ2n) is 10.0. The van der Waals surface area contributed by atoms with Gasteiger partial charge in [0.15, 0.2) is 6.29 Å². The SMILES string of the molecule is Cc1cc(C=O)ccc1OCc1cccc(-c2cccc(COc3cc(OCc4cncc(C#N)c4)c(C=O)cc3Cl)c2)c1. The molecule has 0 radical (unpaired) electrons. The average molecular weight is 603 g/mol. The molecule has 44 heavy (non-hydrogen) atoms. The summed E-state index contributed by atoms with van der Waals surface area (Å²) in [5.74, 6) is 1.42. The number of aromatic nitrogens is 1. The predicted molar refractivity (Wildman–Crippen MR) is 167 cm³/mol. The van der Waals surface area contributed by atoms with Gasteiger partial charge in [-0.05, 0) is 77.2 Å². The zero-order valence-corrected chi connectivity index (χ0v) is 24.6. The van der Waals surface area contributed by atoms with E-state index in [1.807, 2.05) is 61.5 Å². The minimum Gasteiger partial charge on any atom is -0.489 e. The molecular formula is C36H27ClN2O5. The third-order valence-electron chi connectivity index (χ3n) is 6.82. The van der Waals surface area contributed by atoms with Crippen molar-refractivity contribution in [3.8, 4) is 34.4 Å². The summed E-state index contributed by atoms with van der Waals surface area (Å²) in [5, 5.41) is 9.39. The fraction of sp³-hybridized carbons (Fsp3) is 0.111. The van der Waals surface area contributed by atoms with Crippen LogP contribution in [0.15, 0.2) is 97.3 Å². The molecule has 0 saturated heterocycles. The maximum atomic E-state index is 11.7. The standard InChI is InChI=1S/C36H27ClN2O5/c1-24-10-25(19-40)8-9-34(24)42-21-26-4-2-6-30(12-26)31-7-3-5-27(13-31)22-44-36-15-35(32(20-41)14-33(36)37)43-23-29-11-28(16-38)17-39-18-29/h2-15,17-20H,21-23H2,1H3. The van der Waals surface area contributed by atoms with E-state index in [4.69, 9.17) is 31.1 Å². The van der Waals surface area contributed by atoms with Gasteiger partial charge < -0.3 is 14.2 Å². The van der Waals surface area contributed by atoms with Crippen LogP contribution in [0.1, 0.15) is 48.5 Å². The van der Waals surface area contributed by atoms with Gasteiger partial charge in [-0.15, -0.1) is 0 Å². The van der Waals surface area contributed by atoms with E-state index >= 15 is 0 Å². The van der Waals surface area contributed by atoms with Crippen LogP contribution in [-0.2, 0) is 19.8 Å². The Bertz CT molecular complexity index is 1860. The monoisotopic (exact) mass is 602 g/mol. The minimum atomic E-state index is 0.114. The van der Waals surface area contributed by atoms with Gasteiger partial charge in [0, 0.05) is 29.6 Å². The van der Waals surface area contributed by atoms with Gasteiger partial charge in [-0.3, -0.25) is 14.6 Å². The van der Waals surface area contributed by atoms with Crippen molar-refractivity contribution in [1.29, 1.82) is 5.26 Å². The number of halogens is 1. The second-order valence-corrected chi connectivity index (χ2v) is 10.4.